The third-order valence-electron chi connectivity index (χ3n) is 2.77. The molecule has 2 aromatic rings. The van der Waals surface area contributed by atoms with Gasteiger partial charge in [0.25, 0.3) is 0 Å². The van der Waals surface area contributed by atoms with Gasteiger partial charge in [-0.25, -0.2) is 18.1 Å². The maximum Gasteiger partial charge on any atom is 0.240 e. The Labute approximate surface area is 122 Å². The van der Waals surface area contributed by atoms with Crippen LogP contribution in [0.15, 0.2) is 41.8 Å². The molecule has 0 atom stereocenters. The molecule has 8 heteroatoms. The SMILES string of the molecule is NCc1cc(S(=O)(=O)NCCn2ccnc2)ccc1Cl. The molecular formula is C12H15ClN4O2S. The summed E-state index contributed by atoms with van der Waals surface area (Å²) in [4.78, 5) is 4.05. The van der Waals surface area contributed by atoms with Gasteiger partial charge >= 0.3 is 0 Å². The van der Waals surface area contributed by atoms with Crippen molar-refractivity contribution < 1.29 is 8.42 Å². The van der Waals surface area contributed by atoms with Gasteiger partial charge < -0.3 is 10.3 Å². The summed E-state index contributed by atoms with van der Waals surface area (Å²) in [5.41, 5.74) is 6.12. The lowest BCUT2D eigenvalue weighted by Crippen LogP contribution is -2.27. The minimum Gasteiger partial charge on any atom is -0.336 e. The second kappa shape index (κ2) is 6.36. The molecule has 0 saturated heterocycles. The number of benzene rings is 1. The highest BCUT2D eigenvalue weighted by molar-refractivity contribution is 7.89. The maximum absolute atomic E-state index is 12.1. The molecule has 6 nitrogen and oxygen atoms in total. The van der Waals surface area contributed by atoms with Crippen molar-refractivity contribution >= 4 is 21.6 Å². The van der Waals surface area contributed by atoms with Crippen LogP contribution in [0.2, 0.25) is 5.02 Å². The van der Waals surface area contributed by atoms with E-state index in [0.717, 1.165) is 0 Å². The van der Waals surface area contributed by atoms with Gasteiger partial charge in [0.05, 0.1) is 11.2 Å². The van der Waals surface area contributed by atoms with Crippen molar-refractivity contribution in [2.24, 2.45) is 5.73 Å². The van der Waals surface area contributed by atoms with E-state index < -0.39 is 10.0 Å². The zero-order chi connectivity index (χ0) is 14.6. The Bertz CT molecular complexity index is 671. The highest BCUT2D eigenvalue weighted by atomic mass is 35.5. The average molecular weight is 315 g/mol. The normalized spacial score (nSPS) is 11.7. The van der Waals surface area contributed by atoms with E-state index in [1.54, 1.807) is 23.3 Å². The number of hydrogen-bond donors (Lipinski definition) is 2. The molecule has 3 N–H and O–H groups in total. The Kier molecular flexibility index (Phi) is 4.77. The first-order chi connectivity index (χ1) is 9.53. The molecule has 108 valence electrons. The quantitative estimate of drug-likeness (QED) is 0.831. The lowest BCUT2D eigenvalue weighted by molar-refractivity contribution is 0.572. The number of rotatable bonds is 6. The number of nitrogens with two attached hydrogens (primary N) is 1. The molecule has 1 aromatic heterocycles. The highest BCUT2D eigenvalue weighted by Crippen LogP contribution is 2.19. The van der Waals surface area contributed by atoms with E-state index in [9.17, 15) is 8.42 Å². The van der Waals surface area contributed by atoms with Crippen molar-refractivity contribution in [3.05, 3.63) is 47.5 Å². The molecular weight excluding hydrogens is 300 g/mol. The smallest absolute Gasteiger partial charge is 0.240 e. The van der Waals surface area contributed by atoms with Gasteiger partial charge in [-0.2, -0.15) is 0 Å². The third kappa shape index (κ3) is 3.57. The number of hydrogen-bond acceptors (Lipinski definition) is 4. The fourth-order valence-corrected chi connectivity index (χ4v) is 2.95. The predicted molar refractivity (Wildman–Crippen MR) is 76.8 cm³/mol. The van der Waals surface area contributed by atoms with Crippen molar-refractivity contribution in [1.82, 2.24) is 14.3 Å². The van der Waals surface area contributed by atoms with Crippen molar-refractivity contribution in [2.45, 2.75) is 18.0 Å². The van der Waals surface area contributed by atoms with Crippen LogP contribution >= 0.6 is 11.6 Å². The van der Waals surface area contributed by atoms with Gasteiger partial charge in [0.15, 0.2) is 0 Å². The molecule has 20 heavy (non-hydrogen) atoms. The van der Waals surface area contributed by atoms with Gasteiger partial charge in [-0.3, -0.25) is 0 Å². The van der Waals surface area contributed by atoms with Gasteiger partial charge in [-0.15, -0.1) is 0 Å². The molecule has 0 fully saturated rings. The summed E-state index contributed by atoms with van der Waals surface area (Å²) in [6, 6.07) is 4.48. The minimum atomic E-state index is -3.56. The topological polar surface area (TPSA) is 90.0 Å². The van der Waals surface area contributed by atoms with E-state index in [-0.39, 0.29) is 18.0 Å². The van der Waals surface area contributed by atoms with Crippen LogP contribution in [0.25, 0.3) is 0 Å². The third-order valence-corrected chi connectivity index (χ3v) is 4.60. The van der Waals surface area contributed by atoms with Crippen molar-refractivity contribution in [3.8, 4) is 0 Å². The van der Waals surface area contributed by atoms with Crippen LogP contribution in [0.3, 0.4) is 0 Å². The van der Waals surface area contributed by atoms with Crippen LogP contribution in [0, 0.1) is 0 Å². The zero-order valence-electron chi connectivity index (χ0n) is 10.7. The first kappa shape index (κ1) is 15.0. The molecule has 0 unspecified atom stereocenters. The largest absolute Gasteiger partial charge is 0.336 e. The molecule has 0 radical (unpaired) electrons. The van der Waals surface area contributed by atoms with Crippen molar-refractivity contribution in [2.75, 3.05) is 6.54 Å². The van der Waals surface area contributed by atoms with Gasteiger partial charge in [-0.1, -0.05) is 11.6 Å². The Morgan fingerprint density at radius 2 is 2.20 bits per heavy atom. The summed E-state index contributed by atoms with van der Waals surface area (Å²) in [5.74, 6) is 0. The van der Waals surface area contributed by atoms with Crippen LogP contribution in [-0.2, 0) is 23.1 Å². The minimum absolute atomic E-state index is 0.160. The first-order valence-corrected chi connectivity index (χ1v) is 7.83. The van der Waals surface area contributed by atoms with Crippen LogP contribution in [0.4, 0.5) is 0 Å². The number of imidazole rings is 1. The van der Waals surface area contributed by atoms with E-state index in [2.05, 4.69) is 9.71 Å². The number of nitrogens with one attached hydrogen (secondary N) is 1. The summed E-state index contributed by atoms with van der Waals surface area (Å²) in [5, 5.41) is 0.463. The summed E-state index contributed by atoms with van der Waals surface area (Å²) in [6.07, 6.45) is 5.04. The number of nitrogens with zero attached hydrogens (tertiary/aromatic N) is 2. The van der Waals surface area contributed by atoms with E-state index in [0.29, 0.717) is 17.1 Å². The van der Waals surface area contributed by atoms with Crippen molar-refractivity contribution in [1.29, 1.82) is 0 Å². The molecule has 1 aromatic carbocycles. The Morgan fingerprint density at radius 3 is 2.85 bits per heavy atom. The van der Waals surface area contributed by atoms with Crippen LogP contribution < -0.4 is 10.5 Å². The lowest BCUT2D eigenvalue weighted by atomic mass is 10.2. The Balaban J connectivity index is 2.06. The van der Waals surface area contributed by atoms with Gasteiger partial charge in [-0.05, 0) is 23.8 Å². The monoisotopic (exact) mass is 314 g/mol. The second-order valence-electron chi connectivity index (χ2n) is 4.16. The first-order valence-electron chi connectivity index (χ1n) is 5.97. The summed E-state index contributed by atoms with van der Waals surface area (Å²) in [7, 11) is -3.56. The fraction of sp³-hybridized carbons (Fsp3) is 0.250. The second-order valence-corrected chi connectivity index (χ2v) is 6.33. The Hall–Kier alpha value is -1.41. The molecule has 0 saturated carbocycles. The van der Waals surface area contributed by atoms with Crippen LogP contribution in [0.1, 0.15) is 5.56 Å². The number of sulfonamides is 1. The summed E-state index contributed by atoms with van der Waals surface area (Å²) >= 11 is 5.91. The summed E-state index contributed by atoms with van der Waals surface area (Å²) in [6.45, 7) is 0.979. The molecule has 0 aliphatic carbocycles. The fourth-order valence-electron chi connectivity index (χ4n) is 1.69. The standard InChI is InChI=1S/C12H15ClN4O2S/c13-12-2-1-11(7-10(12)8-14)20(18,19)16-4-6-17-5-3-15-9-17/h1-3,5,7,9,16H,4,6,8,14H2. The molecule has 0 aliphatic rings. The van der Waals surface area contributed by atoms with Gasteiger partial charge in [0.2, 0.25) is 10.0 Å². The van der Waals surface area contributed by atoms with E-state index in [4.69, 9.17) is 17.3 Å². The lowest BCUT2D eigenvalue weighted by Gasteiger charge is -2.09. The van der Waals surface area contributed by atoms with E-state index >= 15 is 0 Å². The average Bonchev–Trinajstić information content (AvgIpc) is 2.92. The molecule has 0 aliphatic heterocycles. The molecule has 1 heterocycles. The summed E-state index contributed by atoms with van der Waals surface area (Å²) < 4.78 is 28.6. The Morgan fingerprint density at radius 1 is 1.40 bits per heavy atom. The molecule has 2 rings (SSSR count). The zero-order valence-corrected chi connectivity index (χ0v) is 12.2. The molecule has 0 bridgehead atoms. The highest BCUT2D eigenvalue weighted by Gasteiger charge is 2.14. The van der Waals surface area contributed by atoms with Gasteiger partial charge in [0, 0.05) is 37.1 Å². The maximum atomic E-state index is 12.1. The van der Waals surface area contributed by atoms with Crippen LogP contribution in [0.5, 0.6) is 0 Å². The van der Waals surface area contributed by atoms with Gasteiger partial charge in [0.1, 0.15) is 0 Å². The molecule has 0 amide bonds. The number of halogens is 1. The predicted octanol–water partition coefficient (Wildman–Crippen LogP) is 0.974. The van der Waals surface area contributed by atoms with Crippen molar-refractivity contribution in [3.63, 3.8) is 0 Å². The van der Waals surface area contributed by atoms with E-state index in [1.807, 2.05) is 0 Å². The number of aromatic nitrogens is 2. The molecule has 0 spiro atoms. The van der Waals surface area contributed by atoms with E-state index in [1.165, 1.54) is 18.2 Å². The van der Waals surface area contributed by atoms with Crippen LogP contribution in [-0.4, -0.2) is 24.5 Å².